The Balaban J connectivity index is 2.24. The zero-order valence-corrected chi connectivity index (χ0v) is 12.2. The average Bonchev–Trinajstić information content (AvgIpc) is 2.13. The predicted molar refractivity (Wildman–Crippen MR) is 70.2 cm³/mol. The van der Waals surface area contributed by atoms with E-state index in [4.69, 9.17) is 4.74 Å². The number of carbonyl (C=O) groups is 1. The van der Waals surface area contributed by atoms with Crippen LogP contribution < -0.4 is 5.32 Å². The van der Waals surface area contributed by atoms with Gasteiger partial charge in [0.05, 0.1) is 7.14 Å². The van der Waals surface area contributed by atoms with E-state index < -0.39 is 12.7 Å². The molecule has 0 bridgehead atoms. The van der Waals surface area contributed by atoms with Crippen LogP contribution in [0.2, 0.25) is 0 Å². The lowest BCUT2D eigenvalue weighted by atomic mass is 10.0. The summed E-state index contributed by atoms with van der Waals surface area (Å²) in [6.45, 7) is 8.06. The summed E-state index contributed by atoms with van der Waals surface area (Å²) >= 11 is 0. The Morgan fingerprint density at radius 2 is 1.88 bits per heavy atom. The third-order valence-corrected chi connectivity index (χ3v) is 5.36. The minimum Gasteiger partial charge on any atom is -0.444 e. The fourth-order valence-corrected chi connectivity index (χ4v) is 3.96. The molecule has 4 nitrogen and oxygen atoms in total. The molecule has 1 amide bonds. The summed E-state index contributed by atoms with van der Waals surface area (Å²) in [7, 11) is -1.85. The summed E-state index contributed by atoms with van der Waals surface area (Å²) in [5.41, 5.74) is -0.449. The van der Waals surface area contributed by atoms with Crippen molar-refractivity contribution in [2.75, 3.05) is 25.5 Å². The third-order valence-electron chi connectivity index (χ3n) is 2.95. The second kappa shape index (κ2) is 5.43. The van der Waals surface area contributed by atoms with Crippen LogP contribution in [0.3, 0.4) is 0 Å². The molecule has 0 aliphatic carbocycles. The molecule has 17 heavy (non-hydrogen) atoms. The predicted octanol–water partition coefficient (Wildman–Crippen LogP) is 2.91. The first-order valence-corrected chi connectivity index (χ1v) is 8.73. The highest BCUT2D eigenvalue weighted by Gasteiger charge is 2.26. The van der Waals surface area contributed by atoms with Crippen LogP contribution in [0.1, 0.15) is 33.6 Å². The highest BCUT2D eigenvalue weighted by atomic mass is 31.2. The third kappa shape index (κ3) is 6.11. The maximum absolute atomic E-state index is 11.8. The topological polar surface area (TPSA) is 55.4 Å². The lowest BCUT2D eigenvalue weighted by Gasteiger charge is -2.27. The van der Waals surface area contributed by atoms with Gasteiger partial charge in [-0.15, -0.1) is 0 Å². The first kappa shape index (κ1) is 14.6. The number of rotatable bonds is 2. The van der Waals surface area contributed by atoms with E-state index in [0.717, 1.165) is 25.2 Å². The quantitative estimate of drug-likeness (QED) is 0.777. The van der Waals surface area contributed by atoms with E-state index in [9.17, 15) is 9.36 Å². The number of ether oxygens (including phenoxy) is 1. The van der Waals surface area contributed by atoms with Gasteiger partial charge in [-0.1, -0.05) is 0 Å². The van der Waals surface area contributed by atoms with Crippen LogP contribution in [0.4, 0.5) is 4.79 Å². The number of alkyl carbamates (subject to hydrolysis) is 1. The second-order valence-electron chi connectivity index (χ2n) is 6.07. The largest absolute Gasteiger partial charge is 0.444 e. The van der Waals surface area contributed by atoms with Crippen molar-refractivity contribution in [3.05, 3.63) is 0 Å². The van der Waals surface area contributed by atoms with E-state index in [-0.39, 0.29) is 6.09 Å². The minimum atomic E-state index is -1.85. The van der Waals surface area contributed by atoms with Crippen molar-refractivity contribution >= 4 is 13.2 Å². The van der Waals surface area contributed by atoms with Gasteiger partial charge in [0.15, 0.2) is 0 Å². The molecule has 0 spiro atoms. The monoisotopic (exact) mass is 261 g/mol. The molecule has 0 unspecified atom stereocenters. The summed E-state index contributed by atoms with van der Waals surface area (Å²) < 4.78 is 17.0. The Kier molecular flexibility index (Phi) is 4.65. The average molecular weight is 261 g/mol. The van der Waals surface area contributed by atoms with E-state index in [1.54, 1.807) is 0 Å². The molecule has 1 saturated heterocycles. The Bertz CT molecular complexity index is 310. The van der Waals surface area contributed by atoms with Crippen LogP contribution in [0, 0.1) is 5.92 Å². The molecule has 100 valence electrons. The van der Waals surface area contributed by atoms with Crippen molar-refractivity contribution in [2.45, 2.75) is 39.2 Å². The van der Waals surface area contributed by atoms with Gasteiger partial charge in [0, 0.05) is 18.9 Å². The normalized spacial score (nSPS) is 29.8. The zero-order valence-electron chi connectivity index (χ0n) is 11.3. The van der Waals surface area contributed by atoms with Crippen molar-refractivity contribution in [3.63, 3.8) is 0 Å². The summed E-state index contributed by atoms with van der Waals surface area (Å²) in [6.07, 6.45) is 3.16. The standard InChI is InChI=1S/C12H24NO3P/c1-12(2,3)16-11(14)13-9-10-5-7-17(4,15)8-6-10/h10H,5-9H2,1-4H3,(H,13,14). The summed E-state index contributed by atoms with van der Waals surface area (Å²) in [5.74, 6) is 0.449. The molecule has 0 aromatic rings. The van der Waals surface area contributed by atoms with Gasteiger partial charge >= 0.3 is 6.09 Å². The smallest absolute Gasteiger partial charge is 0.407 e. The van der Waals surface area contributed by atoms with Crippen LogP contribution in [-0.4, -0.2) is 37.2 Å². The molecule has 0 saturated carbocycles. The fraction of sp³-hybridized carbons (Fsp3) is 0.917. The number of carbonyl (C=O) groups excluding carboxylic acids is 1. The van der Waals surface area contributed by atoms with Crippen LogP contribution in [0.15, 0.2) is 0 Å². The molecule has 1 N–H and O–H groups in total. The summed E-state index contributed by atoms with van der Waals surface area (Å²) in [6, 6.07) is 0. The van der Waals surface area contributed by atoms with Crippen molar-refractivity contribution in [3.8, 4) is 0 Å². The zero-order chi connectivity index (χ0) is 13.1. The molecule has 1 fully saturated rings. The first-order chi connectivity index (χ1) is 7.68. The molecule has 0 aromatic carbocycles. The van der Waals surface area contributed by atoms with Gasteiger partial charge in [0.25, 0.3) is 0 Å². The number of hydrogen-bond donors (Lipinski definition) is 1. The van der Waals surface area contributed by atoms with Crippen molar-refractivity contribution in [1.29, 1.82) is 0 Å². The van der Waals surface area contributed by atoms with Gasteiger partial charge in [-0.3, -0.25) is 0 Å². The van der Waals surface area contributed by atoms with E-state index in [1.807, 2.05) is 27.4 Å². The molecule has 0 radical (unpaired) electrons. The molecule has 1 aliphatic heterocycles. The molecule has 1 aliphatic rings. The van der Waals surface area contributed by atoms with E-state index in [1.165, 1.54) is 0 Å². The lowest BCUT2D eigenvalue weighted by Crippen LogP contribution is -2.36. The van der Waals surface area contributed by atoms with E-state index >= 15 is 0 Å². The SMILES string of the molecule is CC(C)(C)OC(=O)NCC1CCP(C)(=O)CC1. The molecular formula is C12H24NO3P. The van der Waals surface area contributed by atoms with Crippen molar-refractivity contribution in [2.24, 2.45) is 5.92 Å². The minimum absolute atomic E-state index is 0.359. The maximum Gasteiger partial charge on any atom is 0.407 e. The molecule has 1 rings (SSSR count). The Labute approximate surface area is 104 Å². The van der Waals surface area contributed by atoms with Gasteiger partial charge < -0.3 is 14.6 Å². The molecule has 0 atom stereocenters. The number of amides is 1. The highest BCUT2D eigenvalue weighted by Crippen LogP contribution is 2.47. The summed E-state index contributed by atoms with van der Waals surface area (Å²) in [5, 5.41) is 2.79. The van der Waals surface area contributed by atoms with Gasteiger partial charge in [-0.2, -0.15) is 0 Å². The van der Waals surface area contributed by atoms with Gasteiger partial charge in [0.2, 0.25) is 0 Å². The van der Waals surface area contributed by atoms with Crippen molar-refractivity contribution in [1.82, 2.24) is 5.32 Å². The van der Waals surface area contributed by atoms with Gasteiger partial charge in [-0.05, 0) is 46.2 Å². The second-order valence-corrected chi connectivity index (χ2v) is 9.56. The first-order valence-electron chi connectivity index (χ1n) is 6.20. The molecule has 1 heterocycles. The number of hydrogen-bond acceptors (Lipinski definition) is 3. The van der Waals surface area contributed by atoms with Gasteiger partial charge in [-0.25, -0.2) is 4.79 Å². The Morgan fingerprint density at radius 1 is 1.35 bits per heavy atom. The molecular weight excluding hydrogens is 237 g/mol. The molecule has 5 heteroatoms. The van der Waals surface area contributed by atoms with Crippen molar-refractivity contribution < 1.29 is 14.1 Å². The van der Waals surface area contributed by atoms with Crippen LogP contribution >= 0.6 is 7.14 Å². The van der Waals surface area contributed by atoms with Crippen LogP contribution in [-0.2, 0) is 9.30 Å². The Morgan fingerprint density at radius 3 is 2.35 bits per heavy atom. The van der Waals surface area contributed by atoms with Gasteiger partial charge in [0.1, 0.15) is 5.60 Å². The van der Waals surface area contributed by atoms with Crippen LogP contribution in [0.5, 0.6) is 0 Å². The number of nitrogens with one attached hydrogen (secondary N) is 1. The van der Waals surface area contributed by atoms with E-state index in [2.05, 4.69) is 5.32 Å². The van der Waals surface area contributed by atoms with E-state index in [0.29, 0.717) is 12.5 Å². The fourth-order valence-electron chi connectivity index (χ4n) is 1.91. The lowest BCUT2D eigenvalue weighted by molar-refractivity contribution is 0.0518. The maximum atomic E-state index is 11.8. The Hall–Kier alpha value is -0.500. The highest BCUT2D eigenvalue weighted by molar-refractivity contribution is 7.63. The van der Waals surface area contributed by atoms with Crippen LogP contribution in [0.25, 0.3) is 0 Å². The summed E-state index contributed by atoms with van der Waals surface area (Å²) in [4.78, 5) is 11.4. The molecule has 0 aromatic heterocycles.